The lowest BCUT2D eigenvalue weighted by Gasteiger charge is -2.10. The van der Waals surface area contributed by atoms with E-state index in [-0.39, 0.29) is 28.9 Å². The molecule has 1 amide bonds. The van der Waals surface area contributed by atoms with Crippen LogP contribution in [-0.2, 0) is 14.6 Å². The molecule has 6 heteroatoms. The van der Waals surface area contributed by atoms with E-state index in [1.165, 1.54) is 6.07 Å². The molecule has 0 atom stereocenters. The Balaban J connectivity index is 3.05. The lowest BCUT2D eigenvalue weighted by molar-refractivity contribution is -0.115. The smallest absolute Gasteiger partial charge is 0.225 e. The van der Waals surface area contributed by atoms with Crippen LogP contribution >= 0.6 is 11.6 Å². The number of amides is 1. The summed E-state index contributed by atoms with van der Waals surface area (Å²) < 4.78 is 23.6. The number of nitrogens with one attached hydrogen (secondary N) is 1. The molecule has 4 nitrogen and oxygen atoms in total. The van der Waals surface area contributed by atoms with Gasteiger partial charge >= 0.3 is 0 Å². The molecule has 0 spiro atoms. The number of benzene rings is 1. The summed E-state index contributed by atoms with van der Waals surface area (Å²) in [5.74, 6) is -0.0945. The molecule has 1 aromatic rings. The fourth-order valence-electron chi connectivity index (χ4n) is 1.30. The summed E-state index contributed by atoms with van der Waals surface area (Å²) in [6.07, 6.45) is 0.155. The highest BCUT2D eigenvalue weighted by Gasteiger charge is 2.17. The fourth-order valence-corrected chi connectivity index (χ4v) is 2.52. The summed E-state index contributed by atoms with van der Waals surface area (Å²) in [5.41, 5.74) is 0.310. The van der Waals surface area contributed by atoms with Crippen LogP contribution in [0.15, 0.2) is 29.2 Å². The van der Waals surface area contributed by atoms with E-state index in [2.05, 4.69) is 5.32 Å². The van der Waals surface area contributed by atoms with Gasteiger partial charge in [-0.15, -0.1) is 11.6 Å². The molecule has 17 heavy (non-hydrogen) atoms. The first kappa shape index (κ1) is 14.0. The second-order valence-electron chi connectivity index (χ2n) is 3.39. The third kappa shape index (κ3) is 3.71. The van der Waals surface area contributed by atoms with Crippen molar-refractivity contribution in [3.8, 4) is 0 Å². The minimum atomic E-state index is -3.34. The Kier molecular flexibility index (Phi) is 4.96. The molecule has 0 aliphatic heterocycles. The van der Waals surface area contributed by atoms with Gasteiger partial charge in [0.25, 0.3) is 0 Å². The minimum absolute atomic E-state index is 0.00457. The average Bonchev–Trinajstić information content (AvgIpc) is 2.30. The van der Waals surface area contributed by atoms with Gasteiger partial charge in [0, 0.05) is 12.3 Å². The first-order valence-electron chi connectivity index (χ1n) is 5.19. The zero-order valence-electron chi connectivity index (χ0n) is 9.44. The molecule has 0 saturated heterocycles. The number of carbonyl (C=O) groups excluding carboxylic acids is 1. The normalized spacial score (nSPS) is 11.2. The van der Waals surface area contributed by atoms with E-state index >= 15 is 0 Å². The third-order valence-corrected chi connectivity index (χ3v) is 4.17. The Bertz CT molecular complexity index is 499. The van der Waals surface area contributed by atoms with Gasteiger partial charge in [-0.3, -0.25) is 4.79 Å². The number of hydrogen-bond acceptors (Lipinski definition) is 3. The zero-order valence-corrected chi connectivity index (χ0v) is 11.0. The van der Waals surface area contributed by atoms with Crippen LogP contribution in [0.25, 0.3) is 0 Å². The second kappa shape index (κ2) is 6.02. The molecule has 0 unspecified atom stereocenters. The summed E-state index contributed by atoms with van der Waals surface area (Å²) in [6.45, 7) is 1.56. The lowest BCUT2D eigenvalue weighted by Crippen LogP contribution is -2.15. The largest absolute Gasteiger partial charge is 0.325 e. The van der Waals surface area contributed by atoms with E-state index in [0.29, 0.717) is 5.69 Å². The van der Waals surface area contributed by atoms with E-state index in [9.17, 15) is 13.2 Å². The fraction of sp³-hybridized carbons (Fsp3) is 0.364. The quantitative estimate of drug-likeness (QED) is 0.837. The second-order valence-corrected chi connectivity index (χ2v) is 6.01. The Morgan fingerprint density at radius 3 is 2.59 bits per heavy atom. The summed E-state index contributed by atoms with van der Waals surface area (Å²) in [4.78, 5) is 11.5. The Labute approximate surface area is 106 Å². The van der Waals surface area contributed by atoms with Crippen LogP contribution in [-0.4, -0.2) is 26.0 Å². The molecular formula is C11H14ClNO3S. The van der Waals surface area contributed by atoms with Crippen LogP contribution in [0.5, 0.6) is 0 Å². The number of para-hydroxylation sites is 1. The number of alkyl halides is 1. The van der Waals surface area contributed by atoms with Gasteiger partial charge in [-0.25, -0.2) is 8.42 Å². The van der Waals surface area contributed by atoms with Gasteiger partial charge in [0.1, 0.15) is 0 Å². The highest BCUT2D eigenvalue weighted by atomic mass is 35.5. The predicted molar refractivity (Wildman–Crippen MR) is 68.1 cm³/mol. The monoisotopic (exact) mass is 275 g/mol. The zero-order chi connectivity index (χ0) is 12.9. The summed E-state index contributed by atoms with van der Waals surface area (Å²) in [7, 11) is -3.34. The van der Waals surface area contributed by atoms with Gasteiger partial charge in [-0.1, -0.05) is 19.1 Å². The topological polar surface area (TPSA) is 63.2 Å². The van der Waals surface area contributed by atoms with Gasteiger partial charge < -0.3 is 5.32 Å². The van der Waals surface area contributed by atoms with E-state index in [0.717, 1.165) is 0 Å². The number of sulfone groups is 1. The first-order valence-corrected chi connectivity index (χ1v) is 7.37. The average molecular weight is 276 g/mol. The molecule has 94 valence electrons. The van der Waals surface area contributed by atoms with Crippen molar-refractivity contribution in [1.29, 1.82) is 0 Å². The first-order chi connectivity index (χ1) is 8.01. The molecule has 0 bridgehead atoms. The number of halogens is 1. The number of hydrogen-bond donors (Lipinski definition) is 1. The molecule has 1 rings (SSSR count). The van der Waals surface area contributed by atoms with E-state index in [1.807, 2.05) is 0 Å². The number of rotatable bonds is 5. The van der Waals surface area contributed by atoms with Crippen LogP contribution in [0, 0.1) is 0 Å². The van der Waals surface area contributed by atoms with Crippen LogP contribution in [0.2, 0.25) is 0 Å². The van der Waals surface area contributed by atoms with Gasteiger partial charge in [0.2, 0.25) is 5.91 Å². The highest BCUT2D eigenvalue weighted by molar-refractivity contribution is 7.91. The lowest BCUT2D eigenvalue weighted by atomic mass is 10.3. The van der Waals surface area contributed by atoms with Crippen LogP contribution in [0.4, 0.5) is 5.69 Å². The molecule has 0 aliphatic carbocycles. The molecule has 0 fully saturated rings. The number of carbonyl (C=O) groups is 1. The minimum Gasteiger partial charge on any atom is -0.325 e. The van der Waals surface area contributed by atoms with Crippen molar-refractivity contribution in [2.75, 3.05) is 16.9 Å². The van der Waals surface area contributed by atoms with Crippen molar-refractivity contribution in [2.45, 2.75) is 18.2 Å². The molecule has 0 saturated carbocycles. The van der Waals surface area contributed by atoms with Gasteiger partial charge in [0.15, 0.2) is 9.84 Å². The van der Waals surface area contributed by atoms with E-state index < -0.39 is 9.84 Å². The Morgan fingerprint density at radius 2 is 2.00 bits per heavy atom. The van der Waals surface area contributed by atoms with Crippen LogP contribution in [0.3, 0.4) is 0 Å². The summed E-state index contributed by atoms with van der Waals surface area (Å²) >= 11 is 5.44. The van der Waals surface area contributed by atoms with Crippen LogP contribution < -0.4 is 5.32 Å². The van der Waals surface area contributed by atoms with Crippen molar-refractivity contribution in [2.24, 2.45) is 0 Å². The SMILES string of the molecule is CCS(=O)(=O)c1ccccc1NC(=O)CCCl. The maximum atomic E-state index is 11.8. The standard InChI is InChI=1S/C11H14ClNO3S/c1-2-17(15,16)10-6-4-3-5-9(10)13-11(14)7-8-12/h3-6H,2,7-8H2,1H3,(H,13,14). The molecule has 0 heterocycles. The van der Waals surface area contributed by atoms with Gasteiger partial charge in [-0.2, -0.15) is 0 Å². The van der Waals surface area contributed by atoms with Crippen molar-refractivity contribution in [3.05, 3.63) is 24.3 Å². The summed E-state index contributed by atoms with van der Waals surface area (Å²) in [5, 5.41) is 2.55. The number of anilines is 1. The predicted octanol–water partition coefficient (Wildman–Crippen LogP) is 2.05. The van der Waals surface area contributed by atoms with Crippen molar-refractivity contribution < 1.29 is 13.2 Å². The molecule has 1 aromatic carbocycles. The molecule has 0 radical (unpaired) electrons. The molecular weight excluding hydrogens is 262 g/mol. The highest BCUT2D eigenvalue weighted by Crippen LogP contribution is 2.22. The maximum absolute atomic E-state index is 11.8. The third-order valence-electron chi connectivity index (χ3n) is 2.20. The molecule has 0 aromatic heterocycles. The molecule has 1 N–H and O–H groups in total. The van der Waals surface area contributed by atoms with Gasteiger partial charge in [-0.05, 0) is 12.1 Å². The van der Waals surface area contributed by atoms with E-state index in [4.69, 9.17) is 11.6 Å². The summed E-state index contributed by atoms with van der Waals surface area (Å²) in [6, 6.07) is 6.34. The van der Waals surface area contributed by atoms with Gasteiger partial charge in [0.05, 0.1) is 16.3 Å². The maximum Gasteiger partial charge on any atom is 0.225 e. The van der Waals surface area contributed by atoms with Crippen molar-refractivity contribution in [1.82, 2.24) is 0 Å². The Morgan fingerprint density at radius 1 is 1.35 bits per heavy atom. The van der Waals surface area contributed by atoms with Crippen molar-refractivity contribution >= 4 is 33.0 Å². The molecule has 0 aliphatic rings. The van der Waals surface area contributed by atoms with Crippen molar-refractivity contribution in [3.63, 3.8) is 0 Å². The van der Waals surface area contributed by atoms with E-state index in [1.54, 1.807) is 25.1 Å². The van der Waals surface area contributed by atoms with Crippen LogP contribution in [0.1, 0.15) is 13.3 Å². The Hall–Kier alpha value is -1.07.